The lowest BCUT2D eigenvalue weighted by atomic mass is 10.1. The Balaban J connectivity index is 5.91. The van der Waals surface area contributed by atoms with Crippen LogP contribution in [0.2, 0.25) is 0 Å². The predicted octanol–water partition coefficient (Wildman–Crippen LogP) is 0.0543. The number of carboxylic acid groups (broad SMARTS) is 1. The van der Waals surface area contributed by atoms with E-state index in [9.17, 15) is 4.79 Å². The molecule has 0 radical (unpaired) electrons. The van der Waals surface area contributed by atoms with Crippen molar-refractivity contribution < 1.29 is 20.9 Å². The molecule has 0 aromatic heterocycles. The van der Waals surface area contributed by atoms with Gasteiger partial charge >= 0.3 is 5.97 Å². The number of nitrogens with two attached hydrogens (primary N) is 1. The molecule has 0 spiro atoms. The van der Waals surface area contributed by atoms with Crippen LogP contribution in [0, 0.1) is 5.89 Å². The van der Waals surface area contributed by atoms with Crippen molar-refractivity contribution in [2.24, 2.45) is 11.6 Å². The first-order valence-electron chi connectivity index (χ1n) is 5.72. The third-order valence-electron chi connectivity index (χ3n) is 0.500. The minimum atomic E-state index is -3.61. The molecule has 0 aliphatic heterocycles. The second kappa shape index (κ2) is 2.67. The smallest absolute Gasteiger partial charge is 0.320 e. The molecule has 0 fully saturated rings. The average Bonchev–Trinajstić information content (AvgIpc) is 1.97. The van der Waals surface area contributed by atoms with Gasteiger partial charge in [0.25, 0.3) is 0 Å². The highest BCUT2D eigenvalue weighted by molar-refractivity contribution is 5.73. The summed E-state index contributed by atoms with van der Waals surface area (Å²) in [7, 11) is 0. The molecule has 0 unspecified atom stereocenters. The van der Waals surface area contributed by atoms with E-state index in [0.29, 0.717) is 0 Å². The maximum atomic E-state index is 10.6. The summed E-state index contributed by atoms with van der Waals surface area (Å²) in [6.45, 7) is -7.07. The van der Waals surface area contributed by atoms with Gasteiger partial charge in [0, 0.05) is 9.60 Å². The highest BCUT2D eigenvalue weighted by Crippen LogP contribution is 1.96. The molecule has 8 heavy (non-hydrogen) atoms. The van der Waals surface area contributed by atoms with Gasteiger partial charge in [0.15, 0.2) is 0 Å². The summed E-state index contributed by atoms with van der Waals surface area (Å²) in [5.41, 5.74) is 4.87. The molecule has 3 nitrogen and oxygen atoms in total. The van der Waals surface area contributed by atoms with Gasteiger partial charge in [-0.25, -0.2) is 0 Å². The fraction of sp³-hybridized carbons (Fsp3) is 0.800. The standard InChI is InChI=1S/C5H11NO2/c1-3(2)4(6)5(7)8/h3-4H,6H2,1-2H3,(H,7,8)/t4-/m0/s1/i1D3,2D3,3D,4D,6+1. The first-order chi connectivity index (χ1) is 6.69. The number of hydrogen-bond donors (Lipinski definition) is 2. The van der Waals surface area contributed by atoms with Gasteiger partial charge in [0.05, 0.1) is 1.37 Å². The van der Waals surface area contributed by atoms with Crippen LogP contribution >= 0.6 is 0 Å². The number of aliphatic carboxylic acids is 1. The zero-order chi connectivity index (χ0) is 13.6. The van der Waals surface area contributed by atoms with Crippen LogP contribution in [0.1, 0.15) is 24.7 Å². The monoisotopic (exact) mass is 126 g/mol. The summed E-state index contributed by atoms with van der Waals surface area (Å²) >= 11 is 0. The van der Waals surface area contributed by atoms with Crippen LogP contribution in [0.4, 0.5) is 0 Å². The molecule has 0 aliphatic carbocycles. The van der Waals surface area contributed by atoms with Crippen molar-refractivity contribution in [3.63, 3.8) is 0 Å². The van der Waals surface area contributed by atoms with E-state index < -0.39 is 31.6 Å². The van der Waals surface area contributed by atoms with Crippen LogP contribution in [0.15, 0.2) is 0 Å². The predicted molar refractivity (Wildman–Crippen MR) is 30.4 cm³/mol. The zero-order valence-corrected chi connectivity index (χ0v) is 3.93. The maximum Gasteiger partial charge on any atom is 0.320 e. The topological polar surface area (TPSA) is 63.3 Å². The molecule has 1 atom stereocenters. The van der Waals surface area contributed by atoms with E-state index in [1.165, 1.54) is 0 Å². The summed E-state index contributed by atoms with van der Waals surface area (Å²) in [5.74, 6) is -5.80. The Hall–Kier alpha value is -0.570. The molecule has 0 saturated carbocycles. The van der Waals surface area contributed by atoms with E-state index >= 15 is 0 Å². The number of hydrogen-bond acceptors (Lipinski definition) is 2. The molecule has 0 rings (SSSR count). The van der Waals surface area contributed by atoms with Crippen LogP contribution in [0.3, 0.4) is 0 Å². The molecule has 0 aromatic carbocycles. The van der Waals surface area contributed by atoms with Crippen LogP contribution in [-0.2, 0) is 4.79 Å². The lowest BCUT2D eigenvalue weighted by molar-refractivity contribution is -0.139. The van der Waals surface area contributed by atoms with Crippen molar-refractivity contribution in [3.05, 3.63) is 0 Å². The highest BCUT2D eigenvalue weighted by Gasteiger charge is 2.14. The van der Waals surface area contributed by atoms with E-state index in [2.05, 4.69) is 0 Å². The lowest BCUT2D eigenvalue weighted by Crippen LogP contribution is -2.34. The fourth-order valence-corrected chi connectivity index (χ4v) is 0.107. The Kier molecular flexibility index (Phi) is 0.492. The van der Waals surface area contributed by atoms with Gasteiger partial charge in [-0.1, -0.05) is 13.7 Å². The highest BCUT2D eigenvalue weighted by atomic mass is 16.4. The molecule has 0 saturated heterocycles. The molecule has 0 heterocycles. The van der Waals surface area contributed by atoms with Crippen LogP contribution in [-0.4, -0.2) is 17.1 Å². The molecular weight excluding hydrogens is 107 g/mol. The Labute approximate surface area is 59.7 Å². The SMILES string of the molecule is [2H]C([2H])([2H])C([2H])(C([2H])([2H])[2H])[C@]([2H])([15NH2])C(=O)O. The van der Waals surface area contributed by atoms with Gasteiger partial charge in [0.2, 0.25) is 0 Å². The van der Waals surface area contributed by atoms with E-state index in [-0.39, 0.29) is 0 Å². The van der Waals surface area contributed by atoms with Crippen molar-refractivity contribution >= 4 is 5.97 Å². The number of carboxylic acids is 1. The lowest BCUT2D eigenvalue weighted by Gasteiger charge is -2.07. The number of rotatable bonds is 2. The van der Waals surface area contributed by atoms with E-state index in [1.54, 1.807) is 0 Å². The first-order valence-corrected chi connectivity index (χ1v) is 1.72. The van der Waals surface area contributed by atoms with Gasteiger partial charge in [0.1, 0.15) is 6.02 Å². The first kappa shape index (κ1) is 1.48. The third-order valence-corrected chi connectivity index (χ3v) is 0.500. The van der Waals surface area contributed by atoms with Gasteiger partial charge in [-0.3, -0.25) is 4.79 Å². The molecule has 0 aromatic rings. The van der Waals surface area contributed by atoms with E-state index in [0.717, 1.165) is 0 Å². The Morgan fingerprint density at radius 3 is 2.62 bits per heavy atom. The van der Waals surface area contributed by atoms with Crippen LogP contribution in [0.5, 0.6) is 0 Å². The second-order valence-corrected chi connectivity index (χ2v) is 1.09. The largest absolute Gasteiger partial charge is 0.480 e. The molecule has 0 bridgehead atoms. The van der Waals surface area contributed by atoms with Crippen molar-refractivity contribution in [1.82, 2.24) is 0 Å². The quantitative estimate of drug-likeness (QED) is 0.514. The van der Waals surface area contributed by atoms with Crippen LogP contribution in [0.25, 0.3) is 0 Å². The minimum absolute atomic E-state index is 2.19. The molecule has 3 heteroatoms. The van der Waals surface area contributed by atoms with E-state index in [1.807, 2.05) is 0 Å². The van der Waals surface area contributed by atoms with Gasteiger partial charge in [-0.15, -0.1) is 0 Å². The van der Waals surface area contributed by atoms with Crippen molar-refractivity contribution in [3.8, 4) is 0 Å². The Morgan fingerprint density at radius 2 is 2.50 bits per heavy atom. The summed E-state index contributed by atoms with van der Waals surface area (Å²) in [6, 6.07) is -3.47. The summed E-state index contributed by atoms with van der Waals surface area (Å²) in [4.78, 5) is 10.6. The maximum absolute atomic E-state index is 10.6. The van der Waals surface area contributed by atoms with Crippen molar-refractivity contribution in [2.75, 3.05) is 0 Å². The fourth-order valence-electron chi connectivity index (χ4n) is 0.107. The molecule has 3 N–H and O–H groups in total. The summed E-state index contributed by atoms with van der Waals surface area (Å²) in [6.07, 6.45) is 0. The third kappa shape index (κ3) is 1.93. The minimum Gasteiger partial charge on any atom is -0.480 e. The van der Waals surface area contributed by atoms with Gasteiger partial charge in [-0.05, 0) is 5.89 Å². The zero-order valence-electron chi connectivity index (χ0n) is 11.9. The van der Waals surface area contributed by atoms with E-state index in [4.69, 9.17) is 21.8 Å². The number of carbonyl (C=O) groups is 1. The van der Waals surface area contributed by atoms with Crippen LogP contribution < -0.4 is 5.73 Å². The molecule has 48 valence electrons. The van der Waals surface area contributed by atoms with Gasteiger partial charge < -0.3 is 10.8 Å². The Bertz CT molecular complexity index is 278. The Morgan fingerprint density at radius 1 is 2.00 bits per heavy atom. The molecule has 0 aliphatic rings. The van der Waals surface area contributed by atoms with Gasteiger partial charge in [-0.2, -0.15) is 0 Å². The summed E-state index contributed by atoms with van der Waals surface area (Å²) < 4.78 is 55.9. The van der Waals surface area contributed by atoms with Crippen molar-refractivity contribution in [1.29, 1.82) is 0 Å². The summed E-state index contributed by atoms with van der Waals surface area (Å²) in [5, 5.41) is 8.57. The normalized spacial score (nSPS) is 37.1. The second-order valence-electron chi connectivity index (χ2n) is 1.09. The van der Waals surface area contributed by atoms with Crippen molar-refractivity contribution in [2.45, 2.75) is 19.7 Å². The molecule has 0 amide bonds. The average molecular weight is 126 g/mol. The molecular formula is C5H11NO2.